The van der Waals surface area contributed by atoms with Crippen LogP contribution in [0.4, 0.5) is 4.39 Å². The predicted molar refractivity (Wildman–Crippen MR) is 84.4 cm³/mol. The number of hydrogen-bond acceptors (Lipinski definition) is 4. The SMILES string of the molecule is C[C@@H](OC(=O)c1ccc(Br)o1)C(=O)NCCc1ccc(F)cc1. The molecule has 0 radical (unpaired) electrons. The first-order valence-corrected chi connectivity index (χ1v) is 7.73. The lowest BCUT2D eigenvalue weighted by atomic mass is 10.1. The molecule has 0 spiro atoms. The van der Waals surface area contributed by atoms with E-state index in [9.17, 15) is 14.0 Å². The molecule has 23 heavy (non-hydrogen) atoms. The summed E-state index contributed by atoms with van der Waals surface area (Å²) in [6.07, 6.45) is -0.391. The Labute approximate surface area is 140 Å². The third-order valence-corrected chi connectivity index (χ3v) is 3.48. The molecule has 0 aliphatic rings. The lowest BCUT2D eigenvalue weighted by molar-refractivity contribution is -0.129. The topological polar surface area (TPSA) is 68.5 Å². The summed E-state index contributed by atoms with van der Waals surface area (Å²) in [5, 5.41) is 2.66. The summed E-state index contributed by atoms with van der Waals surface area (Å²) in [6, 6.07) is 9.04. The van der Waals surface area contributed by atoms with Gasteiger partial charge in [0.15, 0.2) is 10.8 Å². The third kappa shape index (κ3) is 5.21. The van der Waals surface area contributed by atoms with Gasteiger partial charge < -0.3 is 14.5 Å². The third-order valence-electron chi connectivity index (χ3n) is 3.05. The van der Waals surface area contributed by atoms with E-state index in [2.05, 4.69) is 21.2 Å². The molecular weight excluding hydrogens is 369 g/mol. The van der Waals surface area contributed by atoms with Crippen LogP contribution in [-0.2, 0) is 16.0 Å². The second-order valence-corrected chi connectivity index (χ2v) is 5.60. The summed E-state index contributed by atoms with van der Waals surface area (Å²) >= 11 is 3.08. The fraction of sp³-hybridized carbons (Fsp3) is 0.250. The van der Waals surface area contributed by atoms with Gasteiger partial charge in [0.1, 0.15) is 5.82 Å². The maximum atomic E-state index is 12.8. The van der Waals surface area contributed by atoms with Crippen LogP contribution in [0.1, 0.15) is 23.0 Å². The molecule has 122 valence electrons. The lowest BCUT2D eigenvalue weighted by Gasteiger charge is -2.12. The molecule has 0 saturated heterocycles. The van der Waals surface area contributed by atoms with Crippen molar-refractivity contribution in [3.05, 3.63) is 58.2 Å². The molecule has 1 aromatic carbocycles. The molecule has 2 rings (SSSR count). The van der Waals surface area contributed by atoms with Gasteiger partial charge in [0, 0.05) is 6.54 Å². The largest absolute Gasteiger partial charge is 0.447 e. The van der Waals surface area contributed by atoms with Crippen LogP contribution in [0.3, 0.4) is 0 Å². The highest BCUT2D eigenvalue weighted by Gasteiger charge is 2.20. The van der Waals surface area contributed by atoms with Crippen LogP contribution in [-0.4, -0.2) is 24.5 Å². The highest BCUT2D eigenvalue weighted by molar-refractivity contribution is 9.10. The van der Waals surface area contributed by atoms with Crippen molar-refractivity contribution in [1.82, 2.24) is 5.32 Å². The fourth-order valence-corrected chi connectivity index (χ4v) is 2.13. The van der Waals surface area contributed by atoms with Crippen molar-refractivity contribution < 1.29 is 23.1 Å². The van der Waals surface area contributed by atoms with Crippen LogP contribution >= 0.6 is 15.9 Å². The van der Waals surface area contributed by atoms with E-state index in [0.717, 1.165) is 5.56 Å². The van der Waals surface area contributed by atoms with Crippen LogP contribution in [0.2, 0.25) is 0 Å². The van der Waals surface area contributed by atoms with Gasteiger partial charge in [0.2, 0.25) is 5.76 Å². The smallest absolute Gasteiger partial charge is 0.375 e. The Morgan fingerprint density at radius 1 is 1.26 bits per heavy atom. The lowest BCUT2D eigenvalue weighted by Crippen LogP contribution is -2.36. The number of benzene rings is 1. The molecule has 7 heteroatoms. The van der Waals surface area contributed by atoms with E-state index < -0.39 is 18.0 Å². The van der Waals surface area contributed by atoms with Crippen molar-refractivity contribution in [3.63, 3.8) is 0 Å². The van der Waals surface area contributed by atoms with Gasteiger partial charge in [-0.25, -0.2) is 9.18 Å². The van der Waals surface area contributed by atoms with E-state index in [1.807, 2.05) is 0 Å². The Morgan fingerprint density at radius 2 is 1.96 bits per heavy atom. The molecule has 0 aliphatic heterocycles. The number of amides is 1. The number of halogens is 2. The van der Waals surface area contributed by atoms with Crippen molar-refractivity contribution >= 4 is 27.8 Å². The molecule has 0 bridgehead atoms. The number of rotatable bonds is 6. The molecule has 1 amide bonds. The minimum atomic E-state index is -0.945. The molecule has 2 aromatic rings. The van der Waals surface area contributed by atoms with Gasteiger partial charge in [-0.3, -0.25) is 4.79 Å². The minimum Gasteiger partial charge on any atom is -0.447 e. The Hall–Kier alpha value is -2.15. The monoisotopic (exact) mass is 383 g/mol. The zero-order valence-electron chi connectivity index (χ0n) is 12.3. The zero-order valence-corrected chi connectivity index (χ0v) is 13.9. The van der Waals surface area contributed by atoms with Crippen LogP contribution < -0.4 is 5.32 Å². The van der Waals surface area contributed by atoms with Gasteiger partial charge in [0.25, 0.3) is 5.91 Å². The summed E-state index contributed by atoms with van der Waals surface area (Å²) in [5.74, 6) is -1.41. The molecule has 0 aliphatic carbocycles. The van der Waals surface area contributed by atoms with Gasteiger partial charge in [-0.1, -0.05) is 12.1 Å². The van der Waals surface area contributed by atoms with Crippen LogP contribution in [0.15, 0.2) is 45.5 Å². The summed E-state index contributed by atoms with van der Waals surface area (Å²) in [4.78, 5) is 23.6. The molecular formula is C16H15BrFNO4. The average molecular weight is 384 g/mol. The predicted octanol–water partition coefficient (Wildman–Crippen LogP) is 3.09. The van der Waals surface area contributed by atoms with E-state index in [1.54, 1.807) is 18.2 Å². The fourth-order valence-electron chi connectivity index (χ4n) is 1.82. The quantitative estimate of drug-likeness (QED) is 0.778. The van der Waals surface area contributed by atoms with Crippen molar-refractivity contribution in [2.75, 3.05) is 6.54 Å². The number of carbonyl (C=O) groups excluding carboxylic acids is 2. The van der Waals surface area contributed by atoms with Crippen LogP contribution in [0.25, 0.3) is 0 Å². The number of esters is 1. The molecule has 1 heterocycles. The maximum Gasteiger partial charge on any atom is 0.375 e. The second kappa shape index (κ2) is 7.92. The highest BCUT2D eigenvalue weighted by Crippen LogP contribution is 2.15. The number of hydrogen-bond donors (Lipinski definition) is 1. The van der Waals surface area contributed by atoms with Crippen molar-refractivity contribution in [3.8, 4) is 0 Å². The van der Waals surface area contributed by atoms with E-state index in [-0.39, 0.29) is 11.6 Å². The number of nitrogens with one attached hydrogen (secondary N) is 1. The summed E-state index contributed by atoms with van der Waals surface area (Å²) in [7, 11) is 0. The number of carbonyl (C=O) groups is 2. The van der Waals surface area contributed by atoms with E-state index in [4.69, 9.17) is 9.15 Å². The summed E-state index contributed by atoms with van der Waals surface area (Å²) in [5.41, 5.74) is 0.900. The van der Waals surface area contributed by atoms with E-state index in [0.29, 0.717) is 17.6 Å². The standard InChI is InChI=1S/C16H15BrFNO4/c1-10(22-16(21)13-6-7-14(17)23-13)15(20)19-9-8-11-2-4-12(18)5-3-11/h2-7,10H,8-9H2,1H3,(H,19,20)/t10-/m1/s1. The second-order valence-electron chi connectivity index (χ2n) is 4.82. The molecule has 5 nitrogen and oxygen atoms in total. The van der Waals surface area contributed by atoms with Crippen molar-refractivity contribution in [2.45, 2.75) is 19.4 Å². The first kappa shape index (κ1) is 17.2. The van der Waals surface area contributed by atoms with Gasteiger partial charge in [-0.05, 0) is 59.1 Å². The molecule has 1 N–H and O–H groups in total. The molecule has 0 saturated carbocycles. The van der Waals surface area contributed by atoms with E-state index >= 15 is 0 Å². The van der Waals surface area contributed by atoms with Crippen LogP contribution in [0.5, 0.6) is 0 Å². The van der Waals surface area contributed by atoms with Gasteiger partial charge >= 0.3 is 5.97 Å². The van der Waals surface area contributed by atoms with Crippen molar-refractivity contribution in [1.29, 1.82) is 0 Å². The Morgan fingerprint density at radius 3 is 2.57 bits per heavy atom. The van der Waals surface area contributed by atoms with Gasteiger partial charge in [-0.2, -0.15) is 0 Å². The van der Waals surface area contributed by atoms with Gasteiger partial charge in [-0.15, -0.1) is 0 Å². The molecule has 0 unspecified atom stereocenters. The zero-order chi connectivity index (χ0) is 16.8. The molecule has 0 fully saturated rings. The first-order valence-electron chi connectivity index (χ1n) is 6.94. The minimum absolute atomic E-state index is 0.0165. The van der Waals surface area contributed by atoms with Crippen LogP contribution in [0, 0.1) is 5.82 Å². The Balaban J connectivity index is 1.76. The summed E-state index contributed by atoms with van der Waals surface area (Å²) in [6.45, 7) is 1.84. The molecule has 1 aromatic heterocycles. The normalized spacial score (nSPS) is 11.8. The highest BCUT2D eigenvalue weighted by atomic mass is 79.9. The average Bonchev–Trinajstić information content (AvgIpc) is 2.95. The Bertz CT molecular complexity index is 684. The Kier molecular flexibility index (Phi) is 5.92. The first-order chi connectivity index (χ1) is 11.0. The van der Waals surface area contributed by atoms with E-state index in [1.165, 1.54) is 25.1 Å². The number of furan rings is 1. The number of ether oxygens (including phenoxy) is 1. The summed E-state index contributed by atoms with van der Waals surface area (Å²) < 4.78 is 23.2. The maximum absolute atomic E-state index is 12.8. The van der Waals surface area contributed by atoms with Gasteiger partial charge in [0.05, 0.1) is 0 Å². The molecule has 1 atom stereocenters. The van der Waals surface area contributed by atoms with Crippen molar-refractivity contribution in [2.24, 2.45) is 0 Å².